The molecule has 17 heavy (non-hydrogen) atoms. The van der Waals surface area contributed by atoms with Gasteiger partial charge in [0.05, 0.1) is 21.3 Å². The van der Waals surface area contributed by atoms with E-state index >= 15 is 0 Å². The molecule has 0 aliphatic carbocycles. The lowest BCUT2D eigenvalue weighted by atomic mass is 9.92. The lowest BCUT2D eigenvalue weighted by Crippen LogP contribution is -2.45. The van der Waals surface area contributed by atoms with Crippen molar-refractivity contribution in [3.63, 3.8) is 0 Å². The van der Waals surface area contributed by atoms with Crippen molar-refractivity contribution in [2.24, 2.45) is 11.1 Å². The van der Waals surface area contributed by atoms with Gasteiger partial charge in [0.2, 0.25) is 5.91 Å². The van der Waals surface area contributed by atoms with Crippen LogP contribution >= 0.6 is 35.2 Å². The summed E-state index contributed by atoms with van der Waals surface area (Å²) < 4.78 is 0.717. The van der Waals surface area contributed by atoms with Crippen LogP contribution in [0.15, 0.2) is 12.1 Å². The predicted octanol–water partition coefficient (Wildman–Crippen LogP) is 2.67. The first-order chi connectivity index (χ1) is 7.75. The fourth-order valence-electron chi connectivity index (χ4n) is 1.32. The summed E-state index contributed by atoms with van der Waals surface area (Å²) in [7, 11) is 1.73. The number of amides is 1. The number of nitrogens with zero attached hydrogens (tertiary/aromatic N) is 1. The molecule has 0 radical (unpaired) electrons. The first-order valence-corrected chi connectivity index (χ1v) is 6.65. The van der Waals surface area contributed by atoms with Crippen LogP contribution in [0.4, 0.5) is 0 Å². The van der Waals surface area contributed by atoms with Crippen LogP contribution in [-0.2, 0) is 11.3 Å². The molecule has 6 heteroatoms. The quantitative estimate of drug-likeness (QED) is 0.867. The Kier molecular flexibility index (Phi) is 4.52. The second-order valence-electron chi connectivity index (χ2n) is 4.36. The van der Waals surface area contributed by atoms with Gasteiger partial charge in [-0.3, -0.25) is 4.79 Å². The Morgan fingerprint density at radius 1 is 1.59 bits per heavy atom. The van der Waals surface area contributed by atoms with E-state index in [0.29, 0.717) is 6.54 Å². The van der Waals surface area contributed by atoms with Crippen LogP contribution in [0.2, 0.25) is 4.34 Å². The van der Waals surface area contributed by atoms with E-state index in [9.17, 15) is 4.79 Å². The fraction of sp³-hybridized carbons (Fsp3) is 0.455. The molecular weight excluding hydrogens is 276 g/mol. The highest BCUT2D eigenvalue weighted by molar-refractivity contribution is 7.80. The minimum absolute atomic E-state index is 0.0884. The van der Waals surface area contributed by atoms with Gasteiger partial charge >= 0.3 is 0 Å². The molecule has 0 unspecified atom stereocenters. The maximum atomic E-state index is 12.1. The summed E-state index contributed by atoms with van der Waals surface area (Å²) in [5.74, 6) is -0.0884. The van der Waals surface area contributed by atoms with Crippen LogP contribution in [0.5, 0.6) is 0 Å². The Morgan fingerprint density at radius 3 is 2.59 bits per heavy atom. The minimum atomic E-state index is -0.814. The standard InChI is InChI=1S/C11H15ClN2OS2/c1-11(2,9(13)16)10(15)14(3)6-7-4-5-8(12)17-7/h4-5H,6H2,1-3H3,(H2,13,16). The molecule has 0 aromatic carbocycles. The molecule has 0 aliphatic rings. The van der Waals surface area contributed by atoms with Crippen molar-refractivity contribution in [1.82, 2.24) is 4.90 Å². The Hall–Kier alpha value is -0.650. The second-order valence-corrected chi connectivity index (χ2v) is 6.60. The molecule has 0 bridgehead atoms. The molecule has 1 rings (SSSR count). The van der Waals surface area contributed by atoms with E-state index in [-0.39, 0.29) is 10.9 Å². The Balaban J connectivity index is 2.74. The minimum Gasteiger partial charge on any atom is -0.392 e. The lowest BCUT2D eigenvalue weighted by molar-refractivity contribution is -0.136. The van der Waals surface area contributed by atoms with Gasteiger partial charge in [-0.05, 0) is 26.0 Å². The maximum Gasteiger partial charge on any atom is 0.235 e. The number of carbonyl (C=O) groups excluding carboxylic acids is 1. The van der Waals surface area contributed by atoms with Gasteiger partial charge in [0.1, 0.15) is 0 Å². The van der Waals surface area contributed by atoms with Gasteiger partial charge in [0.25, 0.3) is 0 Å². The third-order valence-electron chi connectivity index (χ3n) is 2.52. The smallest absolute Gasteiger partial charge is 0.235 e. The topological polar surface area (TPSA) is 46.3 Å². The number of thiocarbonyl (C=S) groups is 1. The van der Waals surface area contributed by atoms with Crippen LogP contribution in [-0.4, -0.2) is 22.8 Å². The molecule has 3 nitrogen and oxygen atoms in total. The highest BCUT2D eigenvalue weighted by atomic mass is 35.5. The molecule has 1 aromatic rings. The molecule has 0 aliphatic heterocycles. The zero-order valence-electron chi connectivity index (χ0n) is 9.99. The zero-order valence-corrected chi connectivity index (χ0v) is 12.4. The maximum absolute atomic E-state index is 12.1. The number of thiophene rings is 1. The largest absolute Gasteiger partial charge is 0.392 e. The van der Waals surface area contributed by atoms with Gasteiger partial charge < -0.3 is 10.6 Å². The third-order valence-corrected chi connectivity index (χ3v) is 4.25. The summed E-state index contributed by atoms with van der Waals surface area (Å²) in [5.41, 5.74) is 4.76. The summed E-state index contributed by atoms with van der Waals surface area (Å²) in [5, 5.41) is 0. The van der Waals surface area contributed by atoms with Crippen molar-refractivity contribution >= 4 is 46.1 Å². The highest BCUT2D eigenvalue weighted by Gasteiger charge is 2.33. The van der Waals surface area contributed by atoms with Gasteiger partial charge in [-0.15, -0.1) is 11.3 Å². The number of nitrogens with two attached hydrogens (primary N) is 1. The van der Waals surface area contributed by atoms with Crippen LogP contribution in [0.1, 0.15) is 18.7 Å². The SMILES string of the molecule is CN(Cc1ccc(Cl)s1)C(=O)C(C)(C)C(N)=S. The molecule has 0 atom stereocenters. The number of hydrogen-bond acceptors (Lipinski definition) is 3. The average Bonchev–Trinajstić information content (AvgIpc) is 2.62. The van der Waals surface area contributed by atoms with E-state index in [4.69, 9.17) is 29.6 Å². The first-order valence-electron chi connectivity index (χ1n) is 5.05. The van der Waals surface area contributed by atoms with Crippen LogP contribution in [0, 0.1) is 5.41 Å². The zero-order chi connectivity index (χ0) is 13.2. The second kappa shape index (κ2) is 5.33. The van der Waals surface area contributed by atoms with Crippen molar-refractivity contribution in [3.05, 3.63) is 21.3 Å². The van der Waals surface area contributed by atoms with E-state index in [2.05, 4.69) is 0 Å². The van der Waals surface area contributed by atoms with Gasteiger partial charge in [0.15, 0.2) is 0 Å². The van der Waals surface area contributed by atoms with Crippen molar-refractivity contribution in [2.45, 2.75) is 20.4 Å². The number of halogens is 1. The summed E-state index contributed by atoms with van der Waals surface area (Å²) in [6, 6.07) is 3.73. The first kappa shape index (κ1) is 14.4. The van der Waals surface area contributed by atoms with Gasteiger partial charge in [-0.1, -0.05) is 23.8 Å². The normalized spacial score (nSPS) is 11.3. The lowest BCUT2D eigenvalue weighted by Gasteiger charge is -2.28. The number of carbonyl (C=O) groups is 1. The van der Waals surface area contributed by atoms with Crippen molar-refractivity contribution in [2.75, 3.05) is 7.05 Å². The fourth-order valence-corrected chi connectivity index (χ4v) is 2.55. The average molecular weight is 291 g/mol. The molecule has 2 N–H and O–H groups in total. The molecule has 0 spiro atoms. The Bertz CT molecular complexity index is 442. The summed E-state index contributed by atoms with van der Waals surface area (Å²) in [6.07, 6.45) is 0. The van der Waals surface area contributed by atoms with Crippen LogP contribution < -0.4 is 5.73 Å². The van der Waals surface area contributed by atoms with Crippen LogP contribution in [0.25, 0.3) is 0 Å². The van der Waals surface area contributed by atoms with E-state index in [1.54, 1.807) is 25.8 Å². The molecule has 0 saturated carbocycles. The van der Waals surface area contributed by atoms with Crippen LogP contribution in [0.3, 0.4) is 0 Å². The molecule has 0 saturated heterocycles. The molecule has 1 aromatic heterocycles. The van der Waals surface area contributed by atoms with E-state index in [1.807, 2.05) is 12.1 Å². The van der Waals surface area contributed by atoms with Gasteiger partial charge in [0, 0.05) is 11.9 Å². The molecular formula is C11H15ClN2OS2. The molecule has 94 valence electrons. The highest BCUT2D eigenvalue weighted by Crippen LogP contribution is 2.24. The van der Waals surface area contributed by atoms with E-state index in [0.717, 1.165) is 9.21 Å². The monoisotopic (exact) mass is 290 g/mol. The van der Waals surface area contributed by atoms with Crippen molar-refractivity contribution in [1.29, 1.82) is 0 Å². The van der Waals surface area contributed by atoms with E-state index < -0.39 is 5.41 Å². The third kappa shape index (κ3) is 3.40. The predicted molar refractivity (Wildman–Crippen MR) is 76.4 cm³/mol. The summed E-state index contributed by atoms with van der Waals surface area (Å²) in [6.45, 7) is 3.98. The molecule has 1 amide bonds. The van der Waals surface area contributed by atoms with Gasteiger partial charge in [-0.2, -0.15) is 0 Å². The number of hydrogen-bond donors (Lipinski definition) is 1. The number of rotatable bonds is 4. The van der Waals surface area contributed by atoms with Gasteiger partial charge in [-0.25, -0.2) is 0 Å². The van der Waals surface area contributed by atoms with Crippen molar-refractivity contribution < 1.29 is 4.79 Å². The molecule has 1 heterocycles. The van der Waals surface area contributed by atoms with E-state index in [1.165, 1.54) is 11.3 Å². The Labute approximate surface area is 116 Å². The molecule has 0 fully saturated rings. The van der Waals surface area contributed by atoms with Crippen molar-refractivity contribution in [3.8, 4) is 0 Å². The summed E-state index contributed by atoms with van der Waals surface area (Å²) in [4.78, 5) is 15.0. The Morgan fingerprint density at radius 2 is 2.18 bits per heavy atom. The summed E-state index contributed by atoms with van der Waals surface area (Å²) >= 11 is 12.2.